The fourth-order valence-electron chi connectivity index (χ4n) is 2.40. The summed E-state index contributed by atoms with van der Waals surface area (Å²) in [5, 5.41) is 4.08. The number of amides is 1. The van der Waals surface area contributed by atoms with Crippen LogP contribution in [0, 0.1) is 0 Å². The van der Waals surface area contributed by atoms with E-state index in [4.69, 9.17) is 8.94 Å². The molecule has 0 atom stereocenters. The van der Waals surface area contributed by atoms with Crippen molar-refractivity contribution in [3.8, 4) is 11.3 Å². The zero-order valence-electron chi connectivity index (χ0n) is 12.9. The highest BCUT2D eigenvalue weighted by atomic mass is 16.5. The third-order valence-electron chi connectivity index (χ3n) is 3.48. The Bertz CT molecular complexity index is 748. The Morgan fingerprint density at radius 1 is 1.17 bits per heavy atom. The summed E-state index contributed by atoms with van der Waals surface area (Å²) < 4.78 is 10.6. The molecule has 3 aromatic rings. The van der Waals surface area contributed by atoms with Gasteiger partial charge in [0.1, 0.15) is 5.69 Å². The summed E-state index contributed by atoms with van der Waals surface area (Å²) in [6, 6.07) is 15.0. The fraction of sp³-hybridized carbons (Fsp3) is 0.222. The van der Waals surface area contributed by atoms with Crippen LogP contribution in [0.1, 0.15) is 29.6 Å². The zero-order chi connectivity index (χ0) is 16.1. The summed E-state index contributed by atoms with van der Waals surface area (Å²) in [6.45, 7) is 3.05. The number of rotatable bonds is 6. The Balaban J connectivity index is 1.76. The Kier molecular flexibility index (Phi) is 4.57. The van der Waals surface area contributed by atoms with E-state index < -0.39 is 0 Å². The lowest BCUT2D eigenvalue weighted by molar-refractivity contribution is 0.0707. The van der Waals surface area contributed by atoms with Gasteiger partial charge < -0.3 is 13.8 Å². The van der Waals surface area contributed by atoms with Gasteiger partial charge in [0.2, 0.25) is 0 Å². The number of carbonyl (C=O) groups is 1. The van der Waals surface area contributed by atoms with Crippen molar-refractivity contribution in [3.63, 3.8) is 0 Å². The van der Waals surface area contributed by atoms with Gasteiger partial charge in [-0.05, 0) is 18.6 Å². The van der Waals surface area contributed by atoms with E-state index in [-0.39, 0.29) is 5.91 Å². The Morgan fingerprint density at radius 3 is 2.70 bits per heavy atom. The minimum absolute atomic E-state index is 0.138. The molecule has 0 saturated heterocycles. The van der Waals surface area contributed by atoms with E-state index >= 15 is 0 Å². The number of carbonyl (C=O) groups excluding carboxylic acids is 1. The van der Waals surface area contributed by atoms with Crippen LogP contribution in [-0.4, -0.2) is 22.5 Å². The molecular formula is C18H18N2O3. The molecule has 2 heterocycles. The highest BCUT2D eigenvalue weighted by molar-refractivity contribution is 5.91. The van der Waals surface area contributed by atoms with Crippen LogP contribution in [0.15, 0.2) is 63.7 Å². The molecule has 23 heavy (non-hydrogen) atoms. The van der Waals surface area contributed by atoms with Crippen molar-refractivity contribution in [3.05, 3.63) is 66.2 Å². The second kappa shape index (κ2) is 6.96. The summed E-state index contributed by atoms with van der Waals surface area (Å²) in [4.78, 5) is 14.2. The number of benzene rings is 1. The molecule has 3 rings (SSSR count). The second-order valence-corrected chi connectivity index (χ2v) is 5.25. The first-order valence-electron chi connectivity index (χ1n) is 7.61. The minimum Gasteiger partial charge on any atom is -0.459 e. The van der Waals surface area contributed by atoms with Crippen LogP contribution >= 0.6 is 0 Å². The summed E-state index contributed by atoms with van der Waals surface area (Å²) >= 11 is 0. The van der Waals surface area contributed by atoms with Crippen molar-refractivity contribution in [2.24, 2.45) is 0 Å². The van der Waals surface area contributed by atoms with Gasteiger partial charge in [0.05, 0.1) is 12.8 Å². The van der Waals surface area contributed by atoms with Crippen LogP contribution in [0.3, 0.4) is 0 Å². The Morgan fingerprint density at radius 2 is 2.00 bits per heavy atom. The van der Waals surface area contributed by atoms with E-state index in [2.05, 4.69) is 5.16 Å². The molecule has 0 saturated carbocycles. The van der Waals surface area contributed by atoms with Gasteiger partial charge in [0.15, 0.2) is 11.5 Å². The van der Waals surface area contributed by atoms with Crippen molar-refractivity contribution >= 4 is 5.91 Å². The molecule has 0 spiro atoms. The normalized spacial score (nSPS) is 10.7. The van der Waals surface area contributed by atoms with Gasteiger partial charge in [0, 0.05) is 18.2 Å². The lowest BCUT2D eigenvalue weighted by atomic mass is 10.1. The van der Waals surface area contributed by atoms with Crippen molar-refractivity contribution in [2.75, 3.05) is 6.54 Å². The fourth-order valence-corrected chi connectivity index (χ4v) is 2.40. The molecule has 1 amide bonds. The first-order valence-corrected chi connectivity index (χ1v) is 7.61. The van der Waals surface area contributed by atoms with E-state index in [0.29, 0.717) is 24.6 Å². The minimum atomic E-state index is -0.138. The number of nitrogens with zero attached hydrogens (tertiary/aromatic N) is 2. The highest BCUT2D eigenvalue weighted by Crippen LogP contribution is 2.21. The SMILES string of the molecule is CCCN(Cc1cc(-c2ccccc2)on1)C(=O)c1ccco1. The Hall–Kier alpha value is -2.82. The first-order chi connectivity index (χ1) is 11.3. The van der Waals surface area contributed by atoms with E-state index in [0.717, 1.165) is 17.7 Å². The molecular weight excluding hydrogens is 292 g/mol. The topological polar surface area (TPSA) is 59.5 Å². The molecule has 0 bridgehead atoms. The summed E-state index contributed by atoms with van der Waals surface area (Å²) in [7, 11) is 0. The summed E-state index contributed by atoms with van der Waals surface area (Å²) in [5.41, 5.74) is 1.68. The van der Waals surface area contributed by atoms with Gasteiger partial charge in [-0.15, -0.1) is 0 Å². The molecule has 5 nitrogen and oxygen atoms in total. The van der Waals surface area contributed by atoms with Crippen LogP contribution in [0.2, 0.25) is 0 Å². The third kappa shape index (κ3) is 3.51. The molecule has 0 N–H and O–H groups in total. The molecule has 0 fully saturated rings. The van der Waals surface area contributed by atoms with Crippen molar-refractivity contribution in [1.29, 1.82) is 0 Å². The summed E-state index contributed by atoms with van der Waals surface area (Å²) in [5.74, 6) is 0.897. The summed E-state index contributed by atoms with van der Waals surface area (Å²) in [6.07, 6.45) is 2.36. The second-order valence-electron chi connectivity index (χ2n) is 5.25. The van der Waals surface area contributed by atoms with Crippen LogP contribution < -0.4 is 0 Å². The van der Waals surface area contributed by atoms with Gasteiger partial charge in [-0.2, -0.15) is 0 Å². The molecule has 0 aliphatic rings. The number of hydrogen-bond acceptors (Lipinski definition) is 4. The molecule has 5 heteroatoms. The van der Waals surface area contributed by atoms with Crippen molar-refractivity contribution in [2.45, 2.75) is 19.9 Å². The largest absolute Gasteiger partial charge is 0.459 e. The van der Waals surface area contributed by atoms with Crippen LogP contribution in [0.5, 0.6) is 0 Å². The smallest absolute Gasteiger partial charge is 0.289 e. The lowest BCUT2D eigenvalue weighted by Gasteiger charge is -2.19. The first kappa shape index (κ1) is 15.1. The van der Waals surface area contributed by atoms with Gasteiger partial charge in [-0.25, -0.2) is 0 Å². The number of hydrogen-bond donors (Lipinski definition) is 0. The van der Waals surface area contributed by atoms with Gasteiger partial charge in [0.25, 0.3) is 5.91 Å². The van der Waals surface area contributed by atoms with Crippen LogP contribution in [0.4, 0.5) is 0 Å². The molecule has 0 aliphatic heterocycles. The average Bonchev–Trinajstić information content (AvgIpc) is 3.26. The molecule has 2 aromatic heterocycles. The maximum absolute atomic E-state index is 12.5. The molecule has 118 valence electrons. The molecule has 0 radical (unpaired) electrons. The van der Waals surface area contributed by atoms with Crippen molar-refractivity contribution < 1.29 is 13.7 Å². The van der Waals surface area contributed by atoms with E-state index in [1.54, 1.807) is 17.0 Å². The standard InChI is InChI=1S/C18H18N2O3/c1-2-10-20(18(21)16-9-6-11-22-16)13-15-12-17(23-19-15)14-7-4-3-5-8-14/h3-9,11-12H,2,10,13H2,1H3. The molecule has 0 unspecified atom stereocenters. The monoisotopic (exact) mass is 310 g/mol. The maximum atomic E-state index is 12.5. The highest BCUT2D eigenvalue weighted by Gasteiger charge is 2.19. The number of furan rings is 1. The lowest BCUT2D eigenvalue weighted by Crippen LogP contribution is -2.31. The quantitative estimate of drug-likeness (QED) is 0.691. The predicted octanol–water partition coefficient (Wildman–Crippen LogP) is 3.99. The van der Waals surface area contributed by atoms with E-state index in [1.807, 2.05) is 43.3 Å². The maximum Gasteiger partial charge on any atom is 0.289 e. The zero-order valence-corrected chi connectivity index (χ0v) is 12.9. The average molecular weight is 310 g/mol. The predicted molar refractivity (Wildman–Crippen MR) is 85.7 cm³/mol. The molecule has 0 aliphatic carbocycles. The van der Waals surface area contributed by atoms with Crippen molar-refractivity contribution in [1.82, 2.24) is 10.1 Å². The van der Waals surface area contributed by atoms with Crippen LogP contribution in [-0.2, 0) is 6.54 Å². The van der Waals surface area contributed by atoms with E-state index in [9.17, 15) is 4.79 Å². The van der Waals surface area contributed by atoms with Crippen LogP contribution in [0.25, 0.3) is 11.3 Å². The van der Waals surface area contributed by atoms with E-state index in [1.165, 1.54) is 6.26 Å². The van der Waals surface area contributed by atoms with Gasteiger partial charge in [-0.3, -0.25) is 4.79 Å². The van der Waals surface area contributed by atoms with Gasteiger partial charge >= 0.3 is 0 Å². The Labute approximate surface area is 134 Å². The van der Waals surface area contributed by atoms with Gasteiger partial charge in [-0.1, -0.05) is 42.4 Å². The number of aromatic nitrogens is 1. The molecule has 1 aromatic carbocycles. The third-order valence-corrected chi connectivity index (χ3v) is 3.48.